The fraction of sp³-hybridized carbons (Fsp3) is 0.833. The number of likely N-dealkylation sites (N-methyl/N-ethyl adjacent to an activating group) is 1. The van der Waals surface area contributed by atoms with Crippen LogP contribution in [0.1, 0.15) is 26.7 Å². The van der Waals surface area contributed by atoms with Crippen LogP contribution in [0.4, 0.5) is 0 Å². The number of carbonyl (C=O) groups is 2. The van der Waals surface area contributed by atoms with Crippen molar-refractivity contribution in [2.45, 2.75) is 32.8 Å². The number of amides is 1. The summed E-state index contributed by atoms with van der Waals surface area (Å²) in [4.78, 5) is 24.4. The van der Waals surface area contributed by atoms with E-state index in [2.05, 4.69) is 0 Å². The summed E-state index contributed by atoms with van der Waals surface area (Å²) in [5.41, 5.74) is 0. The van der Waals surface area contributed by atoms with Gasteiger partial charge in [0.15, 0.2) is 0 Å². The molecule has 98 valence electrons. The summed E-state index contributed by atoms with van der Waals surface area (Å²) in [5.74, 6) is -2.22. The van der Waals surface area contributed by atoms with E-state index in [4.69, 9.17) is 9.84 Å². The number of carboxylic acids is 1. The molecule has 0 aliphatic carbocycles. The number of ether oxygens (including phenoxy) is 1. The van der Waals surface area contributed by atoms with Gasteiger partial charge in [0, 0.05) is 26.1 Å². The molecule has 1 aliphatic heterocycles. The summed E-state index contributed by atoms with van der Waals surface area (Å²) in [6.45, 7) is 4.53. The molecule has 0 spiro atoms. The van der Waals surface area contributed by atoms with Crippen LogP contribution in [0.5, 0.6) is 0 Å². The van der Waals surface area contributed by atoms with Crippen LogP contribution in [0.2, 0.25) is 0 Å². The van der Waals surface area contributed by atoms with Gasteiger partial charge >= 0.3 is 5.97 Å². The van der Waals surface area contributed by atoms with Crippen molar-refractivity contribution in [1.82, 2.24) is 4.90 Å². The standard InChI is InChI=1S/C12H21NO4/c1-8(9(2)12(15)16)11(14)13(3)7-10-5-4-6-17-10/h8-10H,4-7H2,1-3H3,(H,15,16). The smallest absolute Gasteiger partial charge is 0.307 e. The molecule has 1 fully saturated rings. The molecule has 0 aromatic carbocycles. The van der Waals surface area contributed by atoms with Crippen molar-refractivity contribution in [3.8, 4) is 0 Å². The van der Waals surface area contributed by atoms with Gasteiger partial charge in [-0.15, -0.1) is 0 Å². The lowest BCUT2D eigenvalue weighted by Crippen LogP contribution is -2.40. The highest BCUT2D eigenvalue weighted by Crippen LogP contribution is 2.17. The summed E-state index contributed by atoms with van der Waals surface area (Å²) in [6, 6.07) is 0. The number of hydrogen-bond donors (Lipinski definition) is 1. The molecule has 1 aliphatic rings. The van der Waals surface area contributed by atoms with Gasteiger partial charge in [-0.25, -0.2) is 0 Å². The highest BCUT2D eigenvalue weighted by atomic mass is 16.5. The van der Waals surface area contributed by atoms with Crippen molar-refractivity contribution >= 4 is 11.9 Å². The average molecular weight is 243 g/mol. The maximum atomic E-state index is 12.0. The Morgan fingerprint density at radius 1 is 1.41 bits per heavy atom. The summed E-state index contributed by atoms with van der Waals surface area (Å²) < 4.78 is 5.45. The predicted octanol–water partition coefficient (Wildman–Crippen LogP) is 0.981. The van der Waals surface area contributed by atoms with Gasteiger partial charge in [0.1, 0.15) is 0 Å². The molecular formula is C12H21NO4. The number of hydrogen-bond acceptors (Lipinski definition) is 3. The fourth-order valence-electron chi connectivity index (χ4n) is 1.96. The third-order valence-corrected chi connectivity index (χ3v) is 3.41. The first-order valence-electron chi connectivity index (χ1n) is 6.03. The molecule has 1 amide bonds. The Hall–Kier alpha value is -1.10. The van der Waals surface area contributed by atoms with Crippen molar-refractivity contribution in [2.24, 2.45) is 11.8 Å². The van der Waals surface area contributed by atoms with Gasteiger partial charge in [0.05, 0.1) is 12.0 Å². The summed E-state index contributed by atoms with van der Waals surface area (Å²) >= 11 is 0. The molecule has 0 bridgehead atoms. The number of aliphatic carboxylic acids is 1. The van der Waals surface area contributed by atoms with Gasteiger partial charge < -0.3 is 14.7 Å². The van der Waals surface area contributed by atoms with Gasteiger partial charge in [-0.2, -0.15) is 0 Å². The zero-order valence-corrected chi connectivity index (χ0v) is 10.7. The monoisotopic (exact) mass is 243 g/mol. The maximum Gasteiger partial charge on any atom is 0.307 e. The highest BCUT2D eigenvalue weighted by Gasteiger charge is 2.29. The SMILES string of the molecule is CC(C(=O)O)C(C)C(=O)N(C)CC1CCCO1. The number of rotatable bonds is 5. The topological polar surface area (TPSA) is 66.8 Å². The van der Waals surface area contributed by atoms with Gasteiger partial charge in [0.25, 0.3) is 0 Å². The molecule has 0 aromatic rings. The van der Waals surface area contributed by atoms with E-state index in [1.807, 2.05) is 0 Å². The second-order valence-corrected chi connectivity index (χ2v) is 4.77. The van der Waals surface area contributed by atoms with E-state index in [0.717, 1.165) is 19.4 Å². The van der Waals surface area contributed by atoms with E-state index in [1.165, 1.54) is 0 Å². The Kier molecular flexibility index (Phi) is 4.93. The van der Waals surface area contributed by atoms with Crippen LogP contribution in [0.15, 0.2) is 0 Å². The highest BCUT2D eigenvalue weighted by molar-refractivity contribution is 5.84. The zero-order chi connectivity index (χ0) is 13.0. The van der Waals surface area contributed by atoms with E-state index in [9.17, 15) is 9.59 Å². The van der Waals surface area contributed by atoms with Crippen LogP contribution in [0.25, 0.3) is 0 Å². The lowest BCUT2D eigenvalue weighted by molar-refractivity contribution is -0.149. The second-order valence-electron chi connectivity index (χ2n) is 4.77. The van der Waals surface area contributed by atoms with E-state index in [-0.39, 0.29) is 12.0 Å². The molecule has 1 N–H and O–H groups in total. The first kappa shape index (κ1) is 14.0. The number of nitrogens with zero attached hydrogens (tertiary/aromatic N) is 1. The van der Waals surface area contributed by atoms with E-state index in [0.29, 0.717) is 6.54 Å². The Morgan fingerprint density at radius 2 is 2.06 bits per heavy atom. The third-order valence-electron chi connectivity index (χ3n) is 3.41. The van der Waals surface area contributed by atoms with Crippen LogP contribution >= 0.6 is 0 Å². The Labute approximate surface area is 102 Å². The first-order valence-corrected chi connectivity index (χ1v) is 6.03. The molecule has 3 unspecified atom stereocenters. The lowest BCUT2D eigenvalue weighted by atomic mass is 9.95. The van der Waals surface area contributed by atoms with Crippen LogP contribution in [0, 0.1) is 11.8 Å². The third kappa shape index (κ3) is 3.70. The molecule has 3 atom stereocenters. The summed E-state index contributed by atoms with van der Waals surface area (Å²) in [6.07, 6.45) is 2.12. The molecule has 5 heteroatoms. The van der Waals surface area contributed by atoms with Gasteiger partial charge in [-0.05, 0) is 12.8 Å². The molecule has 0 aromatic heterocycles. The van der Waals surface area contributed by atoms with Gasteiger partial charge in [-0.3, -0.25) is 9.59 Å². The molecule has 17 heavy (non-hydrogen) atoms. The molecule has 1 heterocycles. The minimum Gasteiger partial charge on any atom is -0.481 e. The summed E-state index contributed by atoms with van der Waals surface area (Å²) in [7, 11) is 1.70. The van der Waals surface area contributed by atoms with Crippen molar-refractivity contribution in [1.29, 1.82) is 0 Å². The minimum atomic E-state index is -0.934. The van der Waals surface area contributed by atoms with Crippen molar-refractivity contribution in [2.75, 3.05) is 20.2 Å². The first-order chi connectivity index (χ1) is 7.93. The van der Waals surface area contributed by atoms with E-state index < -0.39 is 17.8 Å². The predicted molar refractivity (Wildman–Crippen MR) is 62.6 cm³/mol. The molecule has 1 saturated heterocycles. The largest absolute Gasteiger partial charge is 0.481 e. The number of carboxylic acid groups (broad SMARTS) is 1. The number of carbonyl (C=O) groups excluding carboxylic acids is 1. The van der Waals surface area contributed by atoms with E-state index >= 15 is 0 Å². The van der Waals surface area contributed by atoms with Gasteiger partial charge in [-0.1, -0.05) is 13.8 Å². The van der Waals surface area contributed by atoms with Crippen molar-refractivity contribution in [3.05, 3.63) is 0 Å². The van der Waals surface area contributed by atoms with Crippen molar-refractivity contribution < 1.29 is 19.4 Å². The zero-order valence-electron chi connectivity index (χ0n) is 10.7. The molecule has 0 saturated carbocycles. The second kappa shape index (κ2) is 6.00. The Morgan fingerprint density at radius 3 is 2.53 bits per heavy atom. The normalized spacial score (nSPS) is 23.1. The molecule has 1 rings (SSSR count). The van der Waals surface area contributed by atoms with Crippen molar-refractivity contribution in [3.63, 3.8) is 0 Å². The fourth-order valence-corrected chi connectivity index (χ4v) is 1.96. The van der Waals surface area contributed by atoms with Crippen LogP contribution in [-0.4, -0.2) is 48.2 Å². The lowest BCUT2D eigenvalue weighted by Gasteiger charge is -2.25. The average Bonchev–Trinajstić information content (AvgIpc) is 2.78. The molecule has 0 radical (unpaired) electrons. The Bertz CT molecular complexity index is 286. The summed E-state index contributed by atoms with van der Waals surface area (Å²) in [5, 5.41) is 8.87. The van der Waals surface area contributed by atoms with E-state index in [1.54, 1.807) is 25.8 Å². The van der Waals surface area contributed by atoms with Gasteiger partial charge in [0.2, 0.25) is 5.91 Å². The molecular weight excluding hydrogens is 222 g/mol. The minimum absolute atomic E-state index is 0.108. The van der Waals surface area contributed by atoms with Crippen LogP contribution < -0.4 is 0 Å². The maximum absolute atomic E-state index is 12.0. The van der Waals surface area contributed by atoms with Crippen LogP contribution in [0.3, 0.4) is 0 Å². The Balaban J connectivity index is 2.47. The van der Waals surface area contributed by atoms with Crippen LogP contribution in [-0.2, 0) is 14.3 Å². The molecule has 5 nitrogen and oxygen atoms in total. The quantitative estimate of drug-likeness (QED) is 0.781.